The number of nitrogens with one attached hydrogen (secondary N) is 2. The number of anilines is 2. The Morgan fingerprint density at radius 3 is 2.89 bits per heavy atom. The van der Waals surface area contributed by atoms with Gasteiger partial charge in [-0.05, 0) is 18.9 Å². The molecule has 0 saturated heterocycles. The normalized spacial score (nSPS) is 18.9. The number of hydrogen-bond acceptors (Lipinski definition) is 4. The predicted octanol–water partition coefficient (Wildman–Crippen LogP) is 1.10. The quantitative estimate of drug-likeness (QED) is 0.757. The van der Waals surface area contributed by atoms with Gasteiger partial charge >= 0.3 is 0 Å². The predicted molar refractivity (Wildman–Crippen MR) is 70.4 cm³/mol. The number of carbonyl (C=O) groups is 2. The molecule has 1 saturated carbocycles. The average Bonchev–Trinajstić information content (AvgIpc) is 3.10. The van der Waals surface area contributed by atoms with E-state index in [-0.39, 0.29) is 18.4 Å². The number of hydrogen-bond donors (Lipinski definition) is 3. The molecule has 7 heteroatoms. The number of nitrogens with two attached hydrogens (primary N) is 1. The number of ether oxygens (including phenoxy) is 1. The number of benzene rings is 1. The van der Waals surface area contributed by atoms with E-state index in [0.717, 1.165) is 0 Å². The molecular weight excluding hydrogens is 270 g/mol. The molecule has 1 aromatic rings. The van der Waals surface area contributed by atoms with Gasteiger partial charge in [0.1, 0.15) is 5.75 Å². The fourth-order valence-corrected chi connectivity index (χ4v) is 2.02. The largest absolute Gasteiger partial charge is 0.482 e. The Morgan fingerprint density at radius 2 is 2.21 bits per heavy atom. The van der Waals surface area contributed by atoms with Crippen LogP contribution in [0.5, 0.6) is 5.75 Å². The van der Waals surface area contributed by atoms with Crippen molar-refractivity contribution in [2.45, 2.75) is 18.4 Å². The van der Waals surface area contributed by atoms with Crippen molar-refractivity contribution in [2.75, 3.05) is 17.2 Å². The van der Waals surface area contributed by atoms with E-state index in [4.69, 9.17) is 22.1 Å². The molecule has 19 heavy (non-hydrogen) atoms. The first kappa shape index (κ1) is 12.3. The lowest BCUT2D eigenvalue weighted by molar-refractivity contribution is -0.119. The molecule has 6 nitrogen and oxygen atoms in total. The van der Waals surface area contributed by atoms with E-state index in [1.165, 1.54) is 0 Å². The maximum Gasteiger partial charge on any atom is 0.262 e. The molecule has 0 atom stereocenters. The van der Waals surface area contributed by atoms with Crippen molar-refractivity contribution in [2.24, 2.45) is 5.73 Å². The molecule has 100 valence electrons. The monoisotopic (exact) mass is 281 g/mol. The Morgan fingerprint density at radius 1 is 1.47 bits per heavy atom. The Balaban J connectivity index is 1.86. The number of amides is 2. The standard InChI is InChI=1S/C12H12ClN3O3/c13-6-3-8-9(19-5-10(17)15-8)4-7(6)16-11(18)12(14)1-2-12/h3-4H,1-2,5,14H2,(H,15,17)(H,16,18). The van der Waals surface area contributed by atoms with Crippen LogP contribution < -0.4 is 21.1 Å². The lowest BCUT2D eigenvalue weighted by atomic mass is 10.2. The lowest BCUT2D eigenvalue weighted by Crippen LogP contribution is -2.38. The maximum absolute atomic E-state index is 11.9. The molecule has 2 amide bonds. The molecule has 0 unspecified atom stereocenters. The first-order valence-electron chi connectivity index (χ1n) is 5.84. The Bertz CT molecular complexity index is 584. The van der Waals surface area contributed by atoms with Crippen LogP contribution in [0.25, 0.3) is 0 Å². The molecule has 2 aliphatic rings. The third kappa shape index (κ3) is 2.24. The van der Waals surface area contributed by atoms with Crippen LogP contribution in [0.3, 0.4) is 0 Å². The van der Waals surface area contributed by atoms with Gasteiger partial charge < -0.3 is 21.1 Å². The summed E-state index contributed by atoms with van der Waals surface area (Å²) in [6, 6.07) is 3.13. The molecule has 1 heterocycles. The second-order valence-electron chi connectivity index (χ2n) is 4.78. The maximum atomic E-state index is 11.9. The minimum atomic E-state index is -0.770. The minimum absolute atomic E-state index is 0.0527. The Hall–Kier alpha value is -1.79. The van der Waals surface area contributed by atoms with Gasteiger partial charge in [-0.1, -0.05) is 11.6 Å². The van der Waals surface area contributed by atoms with Crippen molar-refractivity contribution in [1.82, 2.24) is 0 Å². The third-order valence-electron chi connectivity index (χ3n) is 3.19. The van der Waals surface area contributed by atoms with E-state index in [1.54, 1.807) is 12.1 Å². The third-order valence-corrected chi connectivity index (χ3v) is 3.50. The van der Waals surface area contributed by atoms with Crippen LogP contribution >= 0.6 is 11.6 Å². The van der Waals surface area contributed by atoms with Gasteiger partial charge in [0.2, 0.25) is 5.91 Å². The zero-order valence-corrected chi connectivity index (χ0v) is 10.7. The highest BCUT2D eigenvalue weighted by Gasteiger charge is 2.46. The molecule has 0 spiro atoms. The van der Waals surface area contributed by atoms with Crippen molar-refractivity contribution in [3.8, 4) is 5.75 Å². The van der Waals surface area contributed by atoms with E-state index >= 15 is 0 Å². The molecule has 0 bridgehead atoms. The number of rotatable bonds is 2. The molecular formula is C12H12ClN3O3. The smallest absolute Gasteiger partial charge is 0.262 e. The van der Waals surface area contributed by atoms with Crippen molar-refractivity contribution >= 4 is 34.8 Å². The second-order valence-corrected chi connectivity index (χ2v) is 5.18. The average molecular weight is 282 g/mol. The summed E-state index contributed by atoms with van der Waals surface area (Å²) < 4.78 is 5.26. The SMILES string of the molecule is NC1(C(=O)Nc2cc3c(cc2Cl)NC(=O)CO3)CC1. The Labute approximate surface area is 114 Å². The number of halogens is 1. The van der Waals surface area contributed by atoms with Crippen LogP contribution in [0.15, 0.2) is 12.1 Å². The van der Waals surface area contributed by atoms with Crippen LogP contribution in [-0.2, 0) is 9.59 Å². The van der Waals surface area contributed by atoms with E-state index < -0.39 is 5.54 Å². The molecule has 1 aromatic carbocycles. The molecule has 1 aliphatic carbocycles. The zero-order valence-electron chi connectivity index (χ0n) is 9.96. The van der Waals surface area contributed by atoms with Gasteiger partial charge in [0.25, 0.3) is 5.91 Å². The van der Waals surface area contributed by atoms with Crippen molar-refractivity contribution in [3.05, 3.63) is 17.2 Å². The van der Waals surface area contributed by atoms with Crippen molar-refractivity contribution in [3.63, 3.8) is 0 Å². The minimum Gasteiger partial charge on any atom is -0.482 e. The summed E-state index contributed by atoms with van der Waals surface area (Å²) in [5.74, 6) is -0.0189. The van der Waals surface area contributed by atoms with Gasteiger partial charge in [-0.15, -0.1) is 0 Å². The summed E-state index contributed by atoms with van der Waals surface area (Å²) in [5.41, 5.74) is 5.95. The lowest BCUT2D eigenvalue weighted by Gasteiger charge is -2.20. The number of carbonyl (C=O) groups excluding carboxylic acids is 2. The van der Waals surface area contributed by atoms with Gasteiger partial charge in [-0.2, -0.15) is 0 Å². The molecule has 0 radical (unpaired) electrons. The van der Waals surface area contributed by atoms with Crippen LogP contribution in [-0.4, -0.2) is 24.0 Å². The summed E-state index contributed by atoms with van der Waals surface area (Å²) >= 11 is 6.06. The summed E-state index contributed by atoms with van der Waals surface area (Å²) in [4.78, 5) is 23.0. The highest BCUT2D eigenvalue weighted by molar-refractivity contribution is 6.34. The molecule has 1 fully saturated rings. The van der Waals surface area contributed by atoms with E-state index in [1.807, 2.05) is 0 Å². The van der Waals surface area contributed by atoms with Crippen LogP contribution in [0.4, 0.5) is 11.4 Å². The number of fused-ring (bicyclic) bond motifs is 1. The second kappa shape index (κ2) is 4.11. The van der Waals surface area contributed by atoms with Crippen molar-refractivity contribution in [1.29, 1.82) is 0 Å². The van der Waals surface area contributed by atoms with Gasteiger partial charge in [0.15, 0.2) is 6.61 Å². The fourth-order valence-electron chi connectivity index (χ4n) is 1.80. The first-order valence-corrected chi connectivity index (χ1v) is 6.22. The van der Waals surface area contributed by atoms with Gasteiger partial charge in [0.05, 0.1) is 21.9 Å². The molecule has 0 aromatic heterocycles. The summed E-state index contributed by atoms with van der Waals surface area (Å²) in [6.45, 7) is -0.0527. The van der Waals surface area contributed by atoms with Crippen LogP contribution in [0.2, 0.25) is 5.02 Å². The summed E-state index contributed by atoms with van der Waals surface area (Å²) in [7, 11) is 0. The highest BCUT2D eigenvalue weighted by atomic mass is 35.5. The highest BCUT2D eigenvalue weighted by Crippen LogP contribution is 2.38. The first-order chi connectivity index (χ1) is 8.98. The molecule has 4 N–H and O–H groups in total. The molecule has 3 rings (SSSR count). The van der Waals surface area contributed by atoms with Gasteiger partial charge in [-0.25, -0.2) is 0 Å². The van der Waals surface area contributed by atoms with Gasteiger partial charge in [0, 0.05) is 6.07 Å². The summed E-state index contributed by atoms with van der Waals surface area (Å²) in [6.07, 6.45) is 1.35. The van der Waals surface area contributed by atoms with E-state index in [9.17, 15) is 9.59 Å². The van der Waals surface area contributed by atoms with E-state index in [2.05, 4.69) is 10.6 Å². The topological polar surface area (TPSA) is 93.5 Å². The zero-order chi connectivity index (χ0) is 13.6. The Kier molecular flexibility index (Phi) is 2.65. The van der Waals surface area contributed by atoms with Crippen molar-refractivity contribution < 1.29 is 14.3 Å². The van der Waals surface area contributed by atoms with Crippen LogP contribution in [0, 0.1) is 0 Å². The summed E-state index contributed by atoms with van der Waals surface area (Å²) in [5, 5.41) is 5.64. The van der Waals surface area contributed by atoms with E-state index in [0.29, 0.717) is 35.0 Å². The van der Waals surface area contributed by atoms with Crippen LogP contribution in [0.1, 0.15) is 12.8 Å². The van der Waals surface area contributed by atoms with Gasteiger partial charge in [-0.3, -0.25) is 9.59 Å². The fraction of sp³-hybridized carbons (Fsp3) is 0.333. The molecule has 1 aliphatic heterocycles.